The molecule has 0 aliphatic carbocycles. The molecule has 0 unspecified atom stereocenters. The summed E-state index contributed by atoms with van der Waals surface area (Å²) in [4.78, 5) is 11.7. The first kappa shape index (κ1) is 13.1. The van der Waals surface area contributed by atoms with E-state index in [2.05, 4.69) is 27.7 Å². The third-order valence-electron chi connectivity index (χ3n) is 3.47. The molecule has 0 saturated heterocycles. The monoisotopic (exact) mass is 247 g/mol. The van der Waals surface area contributed by atoms with Gasteiger partial charge in [0.25, 0.3) is 0 Å². The van der Waals surface area contributed by atoms with Crippen molar-refractivity contribution in [2.45, 2.75) is 45.1 Å². The minimum Gasteiger partial charge on any atom is -0.488 e. The second kappa shape index (κ2) is 4.09. The number of benzene rings is 1. The van der Waals surface area contributed by atoms with Crippen LogP contribution in [-0.2, 0) is 5.41 Å². The van der Waals surface area contributed by atoms with Gasteiger partial charge < -0.3 is 10.5 Å². The second-order valence-corrected chi connectivity index (χ2v) is 6.26. The van der Waals surface area contributed by atoms with E-state index < -0.39 is 0 Å². The lowest BCUT2D eigenvalue weighted by Crippen LogP contribution is -2.41. The fraction of sp³-hybridized carbons (Fsp3) is 0.533. The lowest BCUT2D eigenvalue weighted by molar-refractivity contribution is 0.0534. The number of nitrogens with two attached hydrogens (primary N) is 1. The molecule has 0 spiro atoms. The number of ketones is 1. The van der Waals surface area contributed by atoms with Crippen LogP contribution in [0, 0.1) is 0 Å². The zero-order valence-corrected chi connectivity index (χ0v) is 11.5. The van der Waals surface area contributed by atoms with E-state index in [-0.39, 0.29) is 23.3 Å². The predicted octanol–water partition coefficient (Wildman–Crippen LogP) is 2.67. The molecule has 18 heavy (non-hydrogen) atoms. The molecule has 0 saturated carbocycles. The molecule has 3 heteroatoms. The zero-order chi connectivity index (χ0) is 13.6. The predicted molar refractivity (Wildman–Crippen MR) is 72.2 cm³/mol. The van der Waals surface area contributed by atoms with Gasteiger partial charge in [-0.2, -0.15) is 0 Å². The Balaban J connectivity index is 2.50. The quantitative estimate of drug-likeness (QED) is 0.817. The fourth-order valence-corrected chi connectivity index (χ4v) is 2.93. The Morgan fingerprint density at radius 3 is 2.61 bits per heavy atom. The lowest BCUT2D eigenvalue weighted by Gasteiger charge is -2.42. The number of ether oxygens (including phenoxy) is 1. The van der Waals surface area contributed by atoms with Crippen LogP contribution in [0.5, 0.6) is 5.75 Å². The van der Waals surface area contributed by atoms with Gasteiger partial charge in [-0.1, -0.05) is 13.8 Å². The summed E-state index contributed by atoms with van der Waals surface area (Å²) in [6.45, 7) is 8.61. The molecule has 1 heterocycles. The Morgan fingerprint density at radius 1 is 1.33 bits per heavy atom. The van der Waals surface area contributed by atoms with Crippen LogP contribution in [0.15, 0.2) is 18.2 Å². The summed E-state index contributed by atoms with van der Waals surface area (Å²) in [5, 5.41) is 0. The molecule has 1 aliphatic rings. The van der Waals surface area contributed by atoms with Gasteiger partial charge in [-0.15, -0.1) is 0 Å². The first-order valence-electron chi connectivity index (χ1n) is 6.32. The molecule has 3 nitrogen and oxygen atoms in total. The molecule has 1 aromatic rings. The van der Waals surface area contributed by atoms with Gasteiger partial charge >= 0.3 is 0 Å². The van der Waals surface area contributed by atoms with Gasteiger partial charge in [0.15, 0.2) is 5.78 Å². The lowest BCUT2D eigenvalue weighted by atomic mass is 9.73. The van der Waals surface area contributed by atoms with E-state index in [1.54, 1.807) is 6.07 Å². The Labute approximate surface area is 108 Å². The maximum atomic E-state index is 11.7. The molecule has 0 amide bonds. The molecule has 1 aromatic carbocycles. The molecule has 0 atom stereocenters. The smallest absolute Gasteiger partial charge is 0.176 e. The molecule has 0 fully saturated rings. The molecular formula is C15H21NO2. The van der Waals surface area contributed by atoms with Crippen molar-refractivity contribution in [1.29, 1.82) is 0 Å². The van der Waals surface area contributed by atoms with Gasteiger partial charge in [0.1, 0.15) is 11.4 Å². The van der Waals surface area contributed by atoms with Crippen LogP contribution in [0.4, 0.5) is 0 Å². The Hall–Kier alpha value is -1.35. The topological polar surface area (TPSA) is 52.3 Å². The van der Waals surface area contributed by atoms with Crippen molar-refractivity contribution in [2.75, 3.05) is 6.54 Å². The van der Waals surface area contributed by atoms with E-state index in [1.165, 1.54) is 0 Å². The average molecular weight is 247 g/mol. The Bertz CT molecular complexity index is 489. The number of carbonyl (C=O) groups is 1. The summed E-state index contributed by atoms with van der Waals surface area (Å²) >= 11 is 0. The summed E-state index contributed by atoms with van der Waals surface area (Å²) in [6, 6.07) is 5.62. The van der Waals surface area contributed by atoms with Gasteiger partial charge in [0.05, 0.1) is 6.54 Å². The second-order valence-electron chi connectivity index (χ2n) is 6.26. The van der Waals surface area contributed by atoms with E-state index in [4.69, 9.17) is 10.5 Å². The highest BCUT2D eigenvalue weighted by molar-refractivity contribution is 5.97. The molecule has 2 N–H and O–H groups in total. The van der Waals surface area contributed by atoms with Crippen molar-refractivity contribution in [1.82, 2.24) is 0 Å². The van der Waals surface area contributed by atoms with Crippen molar-refractivity contribution in [2.24, 2.45) is 5.73 Å². The van der Waals surface area contributed by atoms with Gasteiger partial charge in [0, 0.05) is 11.1 Å². The minimum atomic E-state index is -0.171. The van der Waals surface area contributed by atoms with Crippen LogP contribution in [0.25, 0.3) is 0 Å². The summed E-state index contributed by atoms with van der Waals surface area (Å²) in [5.41, 5.74) is 7.01. The van der Waals surface area contributed by atoms with Crippen LogP contribution in [0.2, 0.25) is 0 Å². The summed E-state index contributed by atoms with van der Waals surface area (Å²) in [5.74, 6) is 0.850. The third-order valence-corrected chi connectivity index (χ3v) is 3.47. The molecule has 0 radical (unpaired) electrons. The van der Waals surface area contributed by atoms with Crippen molar-refractivity contribution >= 4 is 5.78 Å². The van der Waals surface area contributed by atoms with Crippen LogP contribution < -0.4 is 10.5 Å². The highest BCUT2D eigenvalue weighted by Gasteiger charge is 2.39. The zero-order valence-electron chi connectivity index (χ0n) is 11.5. The van der Waals surface area contributed by atoms with Crippen LogP contribution in [0.1, 0.15) is 50.0 Å². The third kappa shape index (κ3) is 2.27. The molecule has 1 aliphatic heterocycles. The van der Waals surface area contributed by atoms with Crippen molar-refractivity contribution < 1.29 is 9.53 Å². The molecular weight excluding hydrogens is 226 g/mol. The van der Waals surface area contributed by atoms with E-state index in [1.807, 2.05) is 12.1 Å². The van der Waals surface area contributed by atoms with Crippen LogP contribution in [0.3, 0.4) is 0 Å². The number of Topliss-reactive ketones (excluding diaryl/α,β-unsaturated/α-hetero) is 1. The van der Waals surface area contributed by atoms with Crippen molar-refractivity contribution in [3.63, 3.8) is 0 Å². The van der Waals surface area contributed by atoms with E-state index in [0.717, 1.165) is 17.7 Å². The summed E-state index contributed by atoms with van der Waals surface area (Å²) < 4.78 is 5.98. The fourth-order valence-electron chi connectivity index (χ4n) is 2.93. The standard InChI is InChI=1S/C15H21NO2/c1-14(2)9-15(3,4)18-13-6-5-10(7-11(13)14)12(17)8-16/h5-7H,8-9,16H2,1-4H3. The summed E-state index contributed by atoms with van der Waals surface area (Å²) in [6.07, 6.45) is 0.924. The first-order valence-corrected chi connectivity index (χ1v) is 6.32. The molecule has 98 valence electrons. The number of carbonyl (C=O) groups excluding carboxylic acids is 1. The highest BCUT2D eigenvalue weighted by Crippen LogP contribution is 2.44. The van der Waals surface area contributed by atoms with Crippen molar-refractivity contribution in [3.05, 3.63) is 29.3 Å². The van der Waals surface area contributed by atoms with Crippen LogP contribution >= 0.6 is 0 Å². The van der Waals surface area contributed by atoms with Crippen LogP contribution in [-0.4, -0.2) is 17.9 Å². The SMILES string of the molecule is CC1(C)CC(C)(C)c2cc(C(=O)CN)ccc2O1. The Kier molecular flexibility index (Phi) is 2.98. The van der Waals surface area contributed by atoms with Gasteiger partial charge in [0.2, 0.25) is 0 Å². The van der Waals surface area contributed by atoms with E-state index in [9.17, 15) is 4.79 Å². The molecule has 2 rings (SSSR count). The number of rotatable bonds is 2. The number of hydrogen-bond donors (Lipinski definition) is 1. The van der Waals surface area contributed by atoms with E-state index in [0.29, 0.717) is 5.56 Å². The highest BCUT2D eigenvalue weighted by atomic mass is 16.5. The molecule has 0 aromatic heterocycles. The number of hydrogen-bond acceptors (Lipinski definition) is 3. The summed E-state index contributed by atoms with van der Waals surface area (Å²) in [7, 11) is 0. The maximum absolute atomic E-state index is 11.7. The van der Waals surface area contributed by atoms with Gasteiger partial charge in [-0.25, -0.2) is 0 Å². The first-order chi connectivity index (χ1) is 8.25. The van der Waals surface area contributed by atoms with E-state index >= 15 is 0 Å². The maximum Gasteiger partial charge on any atom is 0.176 e. The Morgan fingerprint density at radius 2 is 2.00 bits per heavy atom. The normalized spacial score (nSPS) is 19.8. The minimum absolute atomic E-state index is 0.00196. The van der Waals surface area contributed by atoms with Gasteiger partial charge in [-0.3, -0.25) is 4.79 Å². The van der Waals surface area contributed by atoms with Gasteiger partial charge in [-0.05, 0) is 43.9 Å². The van der Waals surface area contributed by atoms with Crippen molar-refractivity contribution in [3.8, 4) is 5.75 Å². The molecule has 0 bridgehead atoms. The largest absolute Gasteiger partial charge is 0.488 e. The number of fused-ring (bicyclic) bond motifs is 1. The average Bonchev–Trinajstić information content (AvgIpc) is 2.25.